The summed E-state index contributed by atoms with van der Waals surface area (Å²) in [5, 5.41) is 2.69. The molecule has 0 aliphatic rings. The minimum absolute atomic E-state index is 0.115. The number of nitrogens with one attached hydrogen (secondary N) is 1. The Kier molecular flexibility index (Phi) is 5.08. The average Bonchev–Trinajstić information content (AvgIpc) is 2.21. The molecule has 0 saturated carbocycles. The molecule has 0 aromatic heterocycles. The first-order valence-corrected chi connectivity index (χ1v) is 5.43. The lowest BCUT2D eigenvalue weighted by Gasteiger charge is -2.10. The molecule has 0 bridgehead atoms. The number of ether oxygens (including phenoxy) is 1. The van der Waals surface area contributed by atoms with E-state index in [0.717, 1.165) is 5.56 Å². The second-order valence-corrected chi connectivity index (χ2v) is 3.98. The van der Waals surface area contributed by atoms with Crippen LogP contribution in [0.4, 0.5) is 13.2 Å². The molecule has 0 saturated heterocycles. The second-order valence-electron chi connectivity index (χ2n) is 3.57. The van der Waals surface area contributed by atoms with Crippen LogP contribution < -0.4 is 10.1 Å². The number of hydrogen-bond donors (Lipinski definition) is 1. The molecule has 0 spiro atoms. The second kappa shape index (κ2) is 6.12. The van der Waals surface area contributed by atoms with Crippen molar-refractivity contribution in [3.8, 4) is 5.75 Å². The van der Waals surface area contributed by atoms with Crippen LogP contribution in [0.2, 0.25) is 5.02 Å². The largest absolute Gasteiger partial charge is 0.491 e. The molecule has 0 atom stereocenters. The average molecular weight is 268 g/mol. The zero-order chi connectivity index (χ0) is 12.9. The van der Waals surface area contributed by atoms with Gasteiger partial charge in [0.05, 0.1) is 11.6 Å². The summed E-state index contributed by atoms with van der Waals surface area (Å²) in [6, 6.07) is 5.26. The van der Waals surface area contributed by atoms with E-state index >= 15 is 0 Å². The molecule has 1 aromatic carbocycles. The molecule has 0 heterocycles. The maximum absolute atomic E-state index is 11.8. The van der Waals surface area contributed by atoms with Gasteiger partial charge in [-0.15, -0.1) is 0 Å². The van der Waals surface area contributed by atoms with E-state index in [1.807, 2.05) is 13.0 Å². The zero-order valence-electron chi connectivity index (χ0n) is 9.27. The van der Waals surface area contributed by atoms with Crippen LogP contribution >= 0.6 is 11.6 Å². The van der Waals surface area contributed by atoms with Gasteiger partial charge in [-0.3, -0.25) is 0 Å². The van der Waals surface area contributed by atoms with Crippen molar-refractivity contribution in [3.63, 3.8) is 0 Å². The number of aryl methyl sites for hydroxylation is 1. The molecule has 0 unspecified atom stereocenters. The summed E-state index contributed by atoms with van der Waals surface area (Å²) in [5.41, 5.74) is 0.979. The van der Waals surface area contributed by atoms with Gasteiger partial charge in [-0.05, 0) is 24.6 Å². The molecule has 96 valence electrons. The van der Waals surface area contributed by atoms with Crippen molar-refractivity contribution in [3.05, 3.63) is 28.8 Å². The molecule has 17 heavy (non-hydrogen) atoms. The Bertz CT molecular complexity index is 368. The van der Waals surface area contributed by atoms with E-state index in [9.17, 15) is 13.2 Å². The van der Waals surface area contributed by atoms with E-state index in [0.29, 0.717) is 10.8 Å². The number of alkyl halides is 3. The van der Waals surface area contributed by atoms with Crippen LogP contribution in [0.5, 0.6) is 5.75 Å². The van der Waals surface area contributed by atoms with E-state index in [2.05, 4.69) is 5.32 Å². The lowest BCUT2D eigenvalue weighted by atomic mass is 10.2. The van der Waals surface area contributed by atoms with Crippen LogP contribution in [-0.2, 0) is 0 Å². The monoisotopic (exact) mass is 267 g/mol. The fraction of sp³-hybridized carbons (Fsp3) is 0.455. The smallest absolute Gasteiger partial charge is 0.401 e. The highest BCUT2D eigenvalue weighted by Crippen LogP contribution is 2.24. The normalized spacial score (nSPS) is 11.6. The van der Waals surface area contributed by atoms with E-state index in [-0.39, 0.29) is 13.2 Å². The summed E-state index contributed by atoms with van der Waals surface area (Å²) in [5.74, 6) is 0.487. The van der Waals surface area contributed by atoms with Gasteiger partial charge in [-0.2, -0.15) is 13.2 Å². The van der Waals surface area contributed by atoms with Crippen molar-refractivity contribution in [2.75, 3.05) is 19.7 Å². The van der Waals surface area contributed by atoms with Gasteiger partial charge in [0, 0.05) is 6.54 Å². The predicted octanol–water partition coefficient (Wildman–Crippen LogP) is 3.18. The van der Waals surface area contributed by atoms with Gasteiger partial charge in [0.15, 0.2) is 0 Å². The highest BCUT2D eigenvalue weighted by Gasteiger charge is 2.25. The molecule has 0 radical (unpaired) electrons. The van der Waals surface area contributed by atoms with Crippen LogP contribution in [0.3, 0.4) is 0 Å². The molecule has 1 aromatic rings. The van der Waals surface area contributed by atoms with Crippen molar-refractivity contribution < 1.29 is 17.9 Å². The molecular weight excluding hydrogens is 255 g/mol. The van der Waals surface area contributed by atoms with Gasteiger partial charge in [0.25, 0.3) is 0 Å². The molecule has 6 heteroatoms. The number of hydrogen-bond acceptors (Lipinski definition) is 2. The Morgan fingerprint density at radius 3 is 2.71 bits per heavy atom. The molecule has 1 rings (SSSR count). The van der Waals surface area contributed by atoms with Crippen LogP contribution in [0.1, 0.15) is 5.56 Å². The molecule has 0 fully saturated rings. The Morgan fingerprint density at radius 2 is 2.06 bits per heavy atom. The standard InChI is InChI=1S/C11H13ClF3NO/c1-8-2-3-9(12)10(6-8)17-5-4-16-7-11(13,14)15/h2-3,6,16H,4-5,7H2,1H3. The SMILES string of the molecule is Cc1ccc(Cl)c(OCCNCC(F)(F)F)c1. The maximum atomic E-state index is 11.8. The van der Waals surface area contributed by atoms with Crippen LogP contribution in [0.25, 0.3) is 0 Å². The van der Waals surface area contributed by atoms with Crippen molar-refractivity contribution in [2.24, 2.45) is 0 Å². The fourth-order valence-corrected chi connectivity index (χ4v) is 1.36. The third-order valence-electron chi connectivity index (χ3n) is 1.95. The first-order valence-electron chi connectivity index (χ1n) is 5.05. The van der Waals surface area contributed by atoms with Crippen LogP contribution in [-0.4, -0.2) is 25.9 Å². The molecular formula is C11H13ClF3NO. The van der Waals surface area contributed by atoms with Gasteiger partial charge >= 0.3 is 6.18 Å². The minimum atomic E-state index is -4.19. The van der Waals surface area contributed by atoms with Gasteiger partial charge in [0.2, 0.25) is 0 Å². The summed E-state index contributed by atoms with van der Waals surface area (Å²) in [7, 11) is 0. The lowest BCUT2D eigenvalue weighted by molar-refractivity contribution is -0.124. The van der Waals surface area contributed by atoms with Crippen molar-refractivity contribution in [1.29, 1.82) is 0 Å². The number of halogens is 4. The van der Waals surface area contributed by atoms with Gasteiger partial charge in [0.1, 0.15) is 12.4 Å². The van der Waals surface area contributed by atoms with E-state index in [1.165, 1.54) is 0 Å². The van der Waals surface area contributed by atoms with Gasteiger partial charge in [-0.1, -0.05) is 17.7 Å². The summed E-state index contributed by atoms with van der Waals surface area (Å²) < 4.78 is 40.7. The summed E-state index contributed by atoms with van der Waals surface area (Å²) in [6.07, 6.45) is -4.19. The predicted molar refractivity (Wildman–Crippen MR) is 60.6 cm³/mol. The quantitative estimate of drug-likeness (QED) is 0.828. The van der Waals surface area contributed by atoms with E-state index in [1.54, 1.807) is 12.1 Å². The van der Waals surface area contributed by atoms with Crippen molar-refractivity contribution in [1.82, 2.24) is 5.32 Å². The Balaban J connectivity index is 2.29. The molecule has 1 N–H and O–H groups in total. The summed E-state index contributed by atoms with van der Waals surface area (Å²) in [4.78, 5) is 0. The Hall–Kier alpha value is -0.940. The first-order chi connectivity index (χ1) is 7.88. The van der Waals surface area contributed by atoms with E-state index in [4.69, 9.17) is 16.3 Å². The van der Waals surface area contributed by atoms with E-state index < -0.39 is 12.7 Å². The first kappa shape index (κ1) is 14.1. The Labute approximate surface area is 103 Å². The van der Waals surface area contributed by atoms with Crippen LogP contribution in [0, 0.1) is 6.92 Å². The third-order valence-corrected chi connectivity index (χ3v) is 2.26. The van der Waals surface area contributed by atoms with Crippen LogP contribution in [0.15, 0.2) is 18.2 Å². The minimum Gasteiger partial charge on any atom is -0.491 e. The summed E-state index contributed by atoms with van der Waals surface area (Å²) in [6.45, 7) is 1.12. The molecule has 2 nitrogen and oxygen atoms in total. The van der Waals surface area contributed by atoms with Gasteiger partial charge in [-0.25, -0.2) is 0 Å². The molecule has 0 aliphatic heterocycles. The molecule has 0 amide bonds. The molecule has 0 aliphatic carbocycles. The fourth-order valence-electron chi connectivity index (χ4n) is 1.18. The number of benzene rings is 1. The zero-order valence-corrected chi connectivity index (χ0v) is 10.0. The Morgan fingerprint density at radius 1 is 1.35 bits per heavy atom. The lowest BCUT2D eigenvalue weighted by Crippen LogP contribution is -2.31. The highest BCUT2D eigenvalue weighted by molar-refractivity contribution is 6.32. The van der Waals surface area contributed by atoms with Gasteiger partial charge < -0.3 is 10.1 Å². The van der Waals surface area contributed by atoms with Crippen molar-refractivity contribution in [2.45, 2.75) is 13.1 Å². The number of rotatable bonds is 5. The highest BCUT2D eigenvalue weighted by atomic mass is 35.5. The van der Waals surface area contributed by atoms with Crippen molar-refractivity contribution >= 4 is 11.6 Å². The maximum Gasteiger partial charge on any atom is 0.401 e. The summed E-state index contributed by atoms with van der Waals surface area (Å²) >= 11 is 5.86. The third kappa shape index (κ3) is 5.79. The topological polar surface area (TPSA) is 21.3 Å².